The fraction of sp³-hybridized carbons (Fsp3) is 0.364. The SMILES string of the molecule is C/C=C\C(N=CN)=Nc1ncc2c(c1F)-c1[nH]c(C(C)C)c(C(=O)NCC)c1CC2. The van der Waals surface area contributed by atoms with Gasteiger partial charge in [0.1, 0.15) is 0 Å². The van der Waals surface area contributed by atoms with Crippen molar-refractivity contribution in [3.05, 3.63) is 46.6 Å². The number of aromatic amines is 1. The van der Waals surface area contributed by atoms with Gasteiger partial charge in [-0.25, -0.2) is 19.4 Å². The van der Waals surface area contributed by atoms with Crippen molar-refractivity contribution >= 4 is 23.9 Å². The van der Waals surface area contributed by atoms with Crippen molar-refractivity contribution in [3.8, 4) is 11.3 Å². The van der Waals surface area contributed by atoms with Crippen LogP contribution >= 0.6 is 0 Å². The standard InChI is InChI=1S/C22H27FN6O/c1-5-7-15(27-11-24)28-21-18(23)16-13(10-26-21)8-9-14-17(22(30)25-6-2)19(12(3)4)29-20(14)16/h5,7,10-12,29H,6,8-9H2,1-4H3,(H,25,30)(H2,24,26,27,28)/b7-5-. The van der Waals surface area contributed by atoms with Crippen LogP contribution in [0.1, 0.15) is 60.8 Å². The number of nitrogens with two attached hydrogens (primary N) is 1. The number of nitrogens with zero attached hydrogens (tertiary/aromatic N) is 3. The van der Waals surface area contributed by atoms with E-state index in [9.17, 15) is 4.79 Å². The summed E-state index contributed by atoms with van der Waals surface area (Å²) in [4.78, 5) is 28.4. The van der Waals surface area contributed by atoms with Crippen LogP contribution < -0.4 is 11.1 Å². The third-order valence-electron chi connectivity index (χ3n) is 4.99. The van der Waals surface area contributed by atoms with E-state index in [2.05, 4.69) is 25.3 Å². The van der Waals surface area contributed by atoms with Gasteiger partial charge in [-0.05, 0) is 49.8 Å². The number of hydrogen-bond donors (Lipinski definition) is 3. The Hall–Kier alpha value is -3.29. The molecule has 2 aromatic heterocycles. The molecule has 1 aliphatic carbocycles. The molecule has 0 saturated carbocycles. The fourth-order valence-electron chi connectivity index (χ4n) is 3.72. The molecular formula is C22H27FN6O. The summed E-state index contributed by atoms with van der Waals surface area (Å²) < 4.78 is 15.6. The first-order valence-electron chi connectivity index (χ1n) is 10.1. The number of amidine groups is 1. The van der Waals surface area contributed by atoms with Crippen LogP contribution in [0.5, 0.6) is 0 Å². The number of halogens is 1. The summed E-state index contributed by atoms with van der Waals surface area (Å²) in [6.07, 6.45) is 7.34. The maximum atomic E-state index is 15.6. The second kappa shape index (κ2) is 9.02. The molecule has 30 heavy (non-hydrogen) atoms. The lowest BCUT2D eigenvalue weighted by molar-refractivity contribution is 0.0953. The van der Waals surface area contributed by atoms with Crippen LogP contribution in [0.3, 0.4) is 0 Å². The number of H-pyrrole nitrogens is 1. The Morgan fingerprint density at radius 3 is 2.83 bits per heavy atom. The maximum Gasteiger partial charge on any atom is 0.253 e. The van der Waals surface area contributed by atoms with Gasteiger partial charge < -0.3 is 16.0 Å². The highest BCUT2D eigenvalue weighted by Gasteiger charge is 2.31. The molecule has 2 heterocycles. The van der Waals surface area contributed by atoms with Crippen LogP contribution in [0.2, 0.25) is 0 Å². The summed E-state index contributed by atoms with van der Waals surface area (Å²) in [5.41, 5.74) is 9.46. The first-order valence-corrected chi connectivity index (χ1v) is 10.1. The van der Waals surface area contributed by atoms with E-state index in [1.165, 1.54) is 0 Å². The van der Waals surface area contributed by atoms with Crippen LogP contribution in [0.15, 0.2) is 28.3 Å². The molecule has 2 aromatic rings. The van der Waals surface area contributed by atoms with Crippen molar-refractivity contribution in [3.63, 3.8) is 0 Å². The summed E-state index contributed by atoms with van der Waals surface area (Å²) in [7, 11) is 0. The maximum absolute atomic E-state index is 15.6. The Morgan fingerprint density at radius 2 is 2.20 bits per heavy atom. The molecule has 0 atom stereocenters. The molecule has 7 nitrogen and oxygen atoms in total. The van der Waals surface area contributed by atoms with Gasteiger partial charge in [-0.1, -0.05) is 19.9 Å². The van der Waals surface area contributed by atoms with Gasteiger partial charge in [0.25, 0.3) is 5.91 Å². The third-order valence-corrected chi connectivity index (χ3v) is 4.99. The topological polar surface area (TPSA) is 109 Å². The van der Waals surface area contributed by atoms with Gasteiger partial charge in [-0.3, -0.25) is 4.79 Å². The summed E-state index contributed by atoms with van der Waals surface area (Å²) in [5, 5.41) is 2.88. The Morgan fingerprint density at radius 1 is 1.43 bits per heavy atom. The molecule has 0 aromatic carbocycles. The summed E-state index contributed by atoms with van der Waals surface area (Å²) >= 11 is 0. The average molecular weight is 410 g/mol. The van der Waals surface area contributed by atoms with Gasteiger partial charge >= 0.3 is 0 Å². The van der Waals surface area contributed by atoms with E-state index in [4.69, 9.17) is 5.73 Å². The highest BCUT2D eigenvalue weighted by atomic mass is 19.1. The Labute approximate surface area is 175 Å². The van der Waals surface area contributed by atoms with Crippen LogP contribution in [0.4, 0.5) is 10.2 Å². The normalized spacial score (nSPS) is 13.9. The van der Waals surface area contributed by atoms with E-state index >= 15 is 4.39 Å². The smallest absolute Gasteiger partial charge is 0.253 e. The lowest BCUT2D eigenvalue weighted by Crippen LogP contribution is -2.25. The molecule has 0 unspecified atom stereocenters. The molecule has 1 aliphatic rings. The molecule has 0 saturated heterocycles. The number of aryl methyl sites for hydroxylation is 1. The van der Waals surface area contributed by atoms with E-state index in [-0.39, 0.29) is 23.5 Å². The van der Waals surface area contributed by atoms with Crippen LogP contribution in [-0.2, 0) is 12.8 Å². The molecule has 8 heteroatoms. The predicted molar refractivity (Wildman–Crippen MR) is 118 cm³/mol. The number of aliphatic imine (C=N–C) groups is 2. The monoisotopic (exact) mass is 410 g/mol. The minimum Gasteiger partial charge on any atom is -0.390 e. The minimum absolute atomic E-state index is 0.0689. The summed E-state index contributed by atoms with van der Waals surface area (Å²) in [6.45, 7) is 8.23. The zero-order valence-electron chi connectivity index (χ0n) is 17.7. The first-order chi connectivity index (χ1) is 14.4. The lowest BCUT2D eigenvalue weighted by Gasteiger charge is -2.18. The van der Waals surface area contributed by atoms with Crippen molar-refractivity contribution in [2.45, 2.75) is 46.5 Å². The number of carbonyl (C=O) groups excluding carboxylic acids is 1. The number of allylic oxidation sites excluding steroid dienone is 1. The van der Waals surface area contributed by atoms with Crippen molar-refractivity contribution in [1.29, 1.82) is 0 Å². The first kappa shape index (κ1) is 21.4. The third kappa shape index (κ3) is 3.90. The summed E-state index contributed by atoms with van der Waals surface area (Å²) in [5.74, 6) is -0.413. The molecule has 3 rings (SSSR count). The highest BCUT2D eigenvalue weighted by Crippen LogP contribution is 2.41. The molecule has 1 amide bonds. The second-order valence-electron chi connectivity index (χ2n) is 7.33. The number of carbonyl (C=O) groups is 1. The van der Waals surface area contributed by atoms with Crippen LogP contribution in [0.25, 0.3) is 11.3 Å². The Kier molecular flexibility index (Phi) is 6.44. The largest absolute Gasteiger partial charge is 0.390 e. The zero-order valence-corrected chi connectivity index (χ0v) is 17.7. The van der Waals surface area contributed by atoms with Gasteiger partial charge in [0, 0.05) is 24.0 Å². The number of rotatable bonds is 5. The molecule has 158 valence electrons. The van der Waals surface area contributed by atoms with Crippen LogP contribution in [-0.4, -0.2) is 34.6 Å². The molecule has 0 spiro atoms. The molecule has 4 N–H and O–H groups in total. The number of amides is 1. The Balaban J connectivity index is 2.21. The molecule has 0 bridgehead atoms. The van der Waals surface area contributed by atoms with Gasteiger partial charge in [-0.2, -0.15) is 0 Å². The van der Waals surface area contributed by atoms with Crippen molar-refractivity contribution < 1.29 is 9.18 Å². The summed E-state index contributed by atoms with van der Waals surface area (Å²) in [6, 6.07) is 0. The predicted octanol–water partition coefficient (Wildman–Crippen LogP) is 3.78. The lowest BCUT2D eigenvalue weighted by atomic mass is 9.88. The second-order valence-corrected chi connectivity index (χ2v) is 7.33. The Bertz CT molecular complexity index is 1030. The molecule has 0 aliphatic heterocycles. The van der Waals surface area contributed by atoms with E-state index in [0.29, 0.717) is 36.2 Å². The molecular weight excluding hydrogens is 383 g/mol. The zero-order chi connectivity index (χ0) is 21.8. The molecule has 0 fully saturated rings. The van der Waals surface area contributed by atoms with E-state index < -0.39 is 5.82 Å². The number of aromatic nitrogens is 2. The van der Waals surface area contributed by atoms with Gasteiger partial charge in [-0.15, -0.1) is 0 Å². The number of hydrogen-bond acceptors (Lipinski definition) is 3. The van der Waals surface area contributed by atoms with Crippen molar-refractivity contribution in [2.24, 2.45) is 15.7 Å². The average Bonchev–Trinajstić information content (AvgIpc) is 3.10. The van der Waals surface area contributed by atoms with Gasteiger partial charge in [0.05, 0.1) is 17.6 Å². The number of fused-ring (bicyclic) bond motifs is 3. The molecule has 0 radical (unpaired) electrons. The van der Waals surface area contributed by atoms with Gasteiger partial charge in [0.15, 0.2) is 17.5 Å². The van der Waals surface area contributed by atoms with E-state index in [1.807, 2.05) is 20.8 Å². The number of nitrogens with one attached hydrogen (secondary N) is 2. The van der Waals surface area contributed by atoms with Crippen LogP contribution in [0, 0.1) is 5.82 Å². The van der Waals surface area contributed by atoms with Crippen molar-refractivity contribution in [2.75, 3.05) is 6.54 Å². The number of pyridine rings is 1. The quantitative estimate of drug-likeness (QED) is 0.515. The highest BCUT2D eigenvalue weighted by molar-refractivity contribution is 6.00. The van der Waals surface area contributed by atoms with E-state index in [0.717, 1.165) is 23.2 Å². The minimum atomic E-state index is -0.540. The van der Waals surface area contributed by atoms with Gasteiger partial charge in [0.2, 0.25) is 0 Å². The fourth-order valence-corrected chi connectivity index (χ4v) is 3.72. The van der Waals surface area contributed by atoms with Crippen molar-refractivity contribution in [1.82, 2.24) is 15.3 Å². The van der Waals surface area contributed by atoms with E-state index in [1.54, 1.807) is 25.3 Å².